The standard InChI is InChI=1S/C14H15NO/c1-10-4-5-14(11(2)8-10)16-13-6-7-15-12(3)9-13/h4-9H,1-3H3. The van der Waals surface area contributed by atoms with Crippen molar-refractivity contribution in [2.75, 3.05) is 0 Å². The van der Waals surface area contributed by atoms with E-state index in [-0.39, 0.29) is 0 Å². The Bertz CT molecular complexity index is 506. The number of hydrogen-bond acceptors (Lipinski definition) is 2. The Balaban J connectivity index is 2.27. The van der Waals surface area contributed by atoms with Gasteiger partial charge in [-0.1, -0.05) is 17.7 Å². The average molecular weight is 213 g/mol. The van der Waals surface area contributed by atoms with E-state index in [1.165, 1.54) is 5.56 Å². The Morgan fingerprint density at radius 3 is 2.50 bits per heavy atom. The molecule has 82 valence electrons. The molecule has 0 spiro atoms. The molecule has 0 radical (unpaired) electrons. The van der Waals surface area contributed by atoms with E-state index >= 15 is 0 Å². The summed E-state index contributed by atoms with van der Waals surface area (Å²) in [7, 11) is 0. The summed E-state index contributed by atoms with van der Waals surface area (Å²) in [5.74, 6) is 1.73. The summed E-state index contributed by atoms with van der Waals surface area (Å²) in [6, 6.07) is 9.96. The molecule has 1 aromatic heterocycles. The van der Waals surface area contributed by atoms with Crippen LogP contribution in [0, 0.1) is 20.8 Å². The molecule has 16 heavy (non-hydrogen) atoms. The minimum absolute atomic E-state index is 0.833. The average Bonchev–Trinajstić information content (AvgIpc) is 2.22. The van der Waals surface area contributed by atoms with Crippen molar-refractivity contribution in [3.63, 3.8) is 0 Å². The van der Waals surface area contributed by atoms with E-state index in [1.54, 1.807) is 6.20 Å². The molecule has 0 fully saturated rings. The maximum absolute atomic E-state index is 5.80. The molecular weight excluding hydrogens is 198 g/mol. The smallest absolute Gasteiger partial charge is 0.130 e. The molecule has 0 amide bonds. The van der Waals surface area contributed by atoms with Crippen LogP contribution in [0.5, 0.6) is 11.5 Å². The van der Waals surface area contributed by atoms with Gasteiger partial charge in [-0.15, -0.1) is 0 Å². The molecule has 0 aliphatic heterocycles. The zero-order chi connectivity index (χ0) is 11.5. The number of aryl methyl sites for hydroxylation is 3. The number of nitrogens with zero attached hydrogens (tertiary/aromatic N) is 1. The summed E-state index contributed by atoms with van der Waals surface area (Å²) in [6.45, 7) is 6.08. The fourth-order valence-corrected chi connectivity index (χ4v) is 1.62. The van der Waals surface area contributed by atoms with Crippen molar-refractivity contribution in [3.05, 3.63) is 53.3 Å². The van der Waals surface area contributed by atoms with Crippen LogP contribution in [0.2, 0.25) is 0 Å². The summed E-state index contributed by atoms with van der Waals surface area (Å²) >= 11 is 0. The number of aromatic nitrogens is 1. The number of benzene rings is 1. The molecule has 2 rings (SSSR count). The zero-order valence-corrected chi connectivity index (χ0v) is 9.82. The SMILES string of the molecule is Cc1ccc(Oc2ccnc(C)c2)c(C)c1. The topological polar surface area (TPSA) is 22.1 Å². The normalized spacial score (nSPS) is 10.2. The Kier molecular flexibility index (Phi) is 2.91. The molecule has 1 aromatic carbocycles. The minimum Gasteiger partial charge on any atom is -0.457 e. The molecule has 0 N–H and O–H groups in total. The van der Waals surface area contributed by atoms with E-state index in [0.29, 0.717) is 0 Å². The van der Waals surface area contributed by atoms with Crippen LogP contribution in [0.25, 0.3) is 0 Å². The molecule has 2 aromatic rings. The first-order valence-corrected chi connectivity index (χ1v) is 5.33. The van der Waals surface area contributed by atoms with Crippen LogP contribution in [-0.2, 0) is 0 Å². The fourth-order valence-electron chi connectivity index (χ4n) is 1.62. The second kappa shape index (κ2) is 4.35. The summed E-state index contributed by atoms with van der Waals surface area (Å²) in [6.07, 6.45) is 1.76. The molecule has 0 bridgehead atoms. The Morgan fingerprint density at radius 2 is 1.81 bits per heavy atom. The number of ether oxygens (including phenoxy) is 1. The molecule has 0 atom stereocenters. The molecule has 0 aliphatic carbocycles. The van der Waals surface area contributed by atoms with Gasteiger partial charge in [0, 0.05) is 18.0 Å². The number of hydrogen-bond donors (Lipinski definition) is 0. The van der Waals surface area contributed by atoms with Gasteiger partial charge in [-0.2, -0.15) is 0 Å². The third kappa shape index (κ3) is 2.40. The highest BCUT2D eigenvalue weighted by Gasteiger charge is 2.01. The first-order chi connectivity index (χ1) is 7.65. The van der Waals surface area contributed by atoms with Crippen LogP contribution in [0.15, 0.2) is 36.5 Å². The second-order valence-corrected chi connectivity index (χ2v) is 4.00. The van der Waals surface area contributed by atoms with Crippen LogP contribution in [0.1, 0.15) is 16.8 Å². The van der Waals surface area contributed by atoms with Crippen molar-refractivity contribution in [1.29, 1.82) is 0 Å². The molecule has 2 nitrogen and oxygen atoms in total. The van der Waals surface area contributed by atoms with E-state index in [2.05, 4.69) is 31.0 Å². The Labute approximate surface area is 95.9 Å². The second-order valence-electron chi connectivity index (χ2n) is 4.00. The lowest BCUT2D eigenvalue weighted by Gasteiger charge is -2.09. The van der Waals surface area contributed by atoms with Gasteiger partial charge < -0.3 is 4.74 Å². The number of pyridine rings is 1. The first kappa shape index (κ1) is 10.7. The van der Waals surface area contributed by atoms with Crippen molar-refractivity contribution in [1.82, 2.24) is 4.98 Å². The van der Waals surface area contributed by atoms with Crippen LogP contribution in [0.4, 0.5) is 0 Å². The van der Waals surface area contributed by atoms with Gasteiger partial charge in [0.25, 0.3) is 0 Å². The van der Waals surface area contributed by atoms with Gasteiger partial charge >= 0.3 is 0 Å². The van der Waals surface area contributed by atoms with Crippen molar-refractivity contribution in [3.8, 4) is 11.5 Å². The van der Waals surface area contributed by atoms with E-state index in [4.69, 9.17) is 4.74 Å². The Morgan fingerprint density at radius 1 is 1.00 bits per heavy atom. The minimum atomic E-state index is 0.833. The molecule has 0 saturated heterocycles. The molecular formula is C14H15NO. The Hall–Kier alpha value is -1.83. The van der Waals surface area contributed by atoms with Crippen molar-refractivity contribution >= 4 is 0 Å². The first-order valence-electron chi connectivity index (χ1n) is 5.33. The third-order valence-corrected chi connectivity index (χ3v) is 2.43. The zero-order valence-electron chi connectivity index (χ0n) is 9.82. The summed E-state index contributed by atoms with van der Waals surface area (Å²) in [4.78, 5) is 4.14. The highest BCUT2D eigenvalue weighted by atomic mass is 16.5. The molecule has 0 saturated carbocycles. The van der Waals surface area contributed by atoms with Gasteiger partial charge in [0.2, 0.25) is 0 Å². The van der Waals surface area contributed by atoms with Gasteiger partial charge in [-0.25, -0.2) is 0 Å². The summed E-state index contributed by atoms with van der Waals surface area (Å²) < 4.78 is 5.80. The third-order valence-electron chi connectivity index (χ3n) is 2.43. The van der Waals surface area contributed by atoms with Crippen molar-refractivity contribution < 1.29 is 4.74 Å². The van der Waals surface area contributed by atoms with E-state index in [1.807, 2.05) is 25.1 Å². The molecule has 1 heterocycles. The van der Waals surface area contributed by atoms with Gasteiger partial charge in [0.1, 0.15) is 11.5 Å². The summed E-state index contributed by atoms with van der Waals surface area (Å²) in [5.41, 5.74) is 3.35. The lowest BCUT2D eigenvalue weighted by Crippen LogP contribution is -1.89. The highest BCUT2D eigenvalue weighted by Crippen LogP contribution is 2.25. The lowest BCUT2D eigenvalue weighted by atomic mass is 10.1. The van der Waals surface area contributed by atoms with Crippen molar-refractivity contribution in [2.45, 2.75) is 20.8 Å². The maximum atomic E-state index is 5.80. The van der Waals surface area contributed by atoms with Gasteiger partial charge in [-0.3, -0.25) is 4.98 Å². The van der Waals surface area contributed by atoms with Crippen LogP contribution in [-0.4, -0.2) is 4.98 Å². The van der Waals surface area contributed by atoms with Gasteiger partial charge in [-0.05, 0) is 38.5 Å². The molecule has 0 aliphatic rings. The maximum Gasteiger partial charge on any atom is 0.130 e. The highest BCUT2D eigenvalue weighted by molar-refractivity contribution is 5.39. The predicted octanol–water partition coefficient (Wildman–Crippen LogP) is 3.80. The largest absolute Gasteiger partial charge is 0.457 e. The summed E-state index contributed by atoms with van der Waals surface area (Å²) in [5, 5.41) is 0. The monoisotopic (exact) mass is 213 g/mol. The van der Waals surface area contributed by atoms with Gasteiger partial charge in [0.05, 0.1) is 0 Å². The van der Waals surface area contributed by atoms with E-state index < -0.39 is 0 Å². The quantitative estimate of drug-likeness (QED) is 0.757. The molecule has 2 heteroatoms. The lowest BCUT2D eigenvalue weighted by molar-refractivity contribution is 0.477. The van der Waals surface area contributed by atoms with E-state index in [0.717, 1.165) is 22.8 Å². The van der Waals surface area contributed by atoms with Crippen LogP contribution in [0.3, 0.4) is 0 Å². The van der Waals surface area contributed by atoms with Crippen LogP contribution < -0.4 is 4.74 Å². The van der Waals surface area contributed by atoms with E-state index in [9.17, 15) is 0 Å². The molecule has 0 unspecified atom stereocenters. The predicted molar refractivity (Wildman–Crippen MR) is 65.0 cm³/mol. The fraction of sp³-hybridized carbons (Fsp3) is 0.214. The van der Waals surface area contributed by atoms with Crippen LogP contribution >= 0.6 is 0 Å². The van der Waals surface area contributed by atoms with Crippen molar-refractivity contribution in [2.24, 2.45) is 0 Å². The number of rotatable bonds is 2. The van der Waals surface area contributed by atoms with Gasteiger partial charge in [0.15, 0.2) is 0 Å².